The van der Waals surface area contributed by atoms with Crippen molar-refractivity contribution in [3.8, 4) is 5.75 Å². The third kappa shape index (κ3) is 5.20. The molecule has 0 aliphatic rings. The van der Waals surface area contributed by atoms with Crippen molar-refractivity contribution in [3.05, 3.63) is 29.8 Å². The molecule has 1 aromatic carbocycles. The molecular formula is C14H23NO2. The lowest BCUT2D eigenvalue weighted by atomic mass is 10.1. The number of hydrogen-bond donors (Lipinski definition) is 2. The molecule has 17 heavy (non-hydrogen) atoms. The normalized spacial score (nSPS) is 11.9. The van der Waals surface area contributed by atoms with Gasteiger partial charge in [0.1, 0.15) is 5.75 Å². The molecular weight excluding hydrogens is 214 g/mol. The van der Waals surface area contributed by atoms with Gasteiger partial charge in [0, 0.05) is 12.1 Å². The van der Waals surface area contributed by atoms with E-state index in [1.807, 2.05) is 52.0 Å². The molecule has 0 atom stereocenters. The number of nitrogens with one attached hydrogen (secondary N) is 1. The zero-order valence-electron chi connectivity index (χ0n) is 11.2. The summed E-state index contributed by atoms with van der Waals surface area (Å²) in [6.45, 7) is 8.82. The third-order valence-electron chi connectivity index (χ3n) is 2.44. The quantitative estimate of drug-likeness (QED) is 0.798. The maximum absolute atomic E-state index is 9.16. The Bertz CT molecular complexity index is 348. The summed E-state index contributed by atoms with van der Waals surface area (Å²) >= 11 is 0. The van der Waals surface area contributed by atoms with E-state index in [0.717, 1.165) is 17.9 Å². The highest BCUT2D eigenvalue weighted by Crippen LogP contribution is 2.15. The molecule has 3 nitrogen and oxygen atoms in total. The molecule has 0 aliphatic heterocycles. The van der Waals surface area contributed by atoms with Crippen LogP contribution in [0, 0.1) is 0 Å². The van der Waals surface area contributed by atoms with Crippen LogP contribution in [0.4, 0.5) is 0 Å². The Kier molecular flexibility index (Phi) is 4.97. The van der Waals surface area contributed by atoms with E-state index in [0.29, 0.717) is 0 Å². The molecule has 1 aromatic rings. The van der Waals surface area contributed by atoms with E-state index in [1.54, 1.807) is 0 Å². The lowest BCUT2D eigenvalue weighted by Crippen LogP contribution is -2.42. The van der Waals surface area contributed by atoms with Gasteiger partial charge in [0.2, 0.25) is 0 Å². The second kappa shape index (κ2) is 6.03. The molecule has 0 saturated carbocycles. The van der Waals surface area contributed by atoms with Crippen LogP contribution >= 0.6 is 0 Å². The molecule has 0 spiro atoms. The van der Waals surface area contributed by atoms with Gasteiger partial charge < -0.3 is 15.2 Å². The van der Waals surface area contributed by atoms with Crippen LogP contribution in [0.5, 0.6) is 5.75 Å². The summed E-state index contributed by atoms with van der Waals surface area (Å²) in [5.74, 6) is 0.890. The van der Waals surface area contributed by atoms with E-state index < -0.39 is 0 Å². The third-order valence-corrected chi connectivity index (χ3v) is 2.44. The van der Waals surface area contributed by atoms with Crippen LogP contribution in [0.2, 0.25) is 0 Å². The van der Waals surface area contributed by atoms with Gasteiger partial charge in [-0.15, -0.1) is 0 Å². The van der Waals surface area contributed by atoms with Crippen LogP contribution in [0.15, 0.2) is 24.3 Å². The monoisotopic (exact) mass is 237 g/mol. The van der Waals surface area contributed by atoms with Crippen molar-refractivity contribution in [2.24, 2.45) is 0 Å². The van der Waals surface area contributed by atoms with E-state index in [2.05, 4.69) is 5.32 Å². The fourth-order valence-electron chi connectivity index (χ4n) is 1.40. The summed E-state index contributed by atoms with van der Waals surface area (Å²) in [5.41, 5.74) is 0.902. The summed E-state index contributed by atoms with van der Waals surface area (Å²) in [6.07, 6.45) is 0.187. The van der Waals surface area contributed by atoms with Gasteiger partial charge in [0.25, 0.3) is 0 Å². The van der Waals surface area contributed by atoms with Crippen molar-refractivity contribution >= 4 is 0 Å². The van der Waals surface area contributed by atoms with Gasteiger partial charge in [-0.25, -0.2) is 0 Å². The van der Waals surface area contributed by atoms with Crippen molar-refractivity contribution in [3.63, 3.8) is 0 Å². The highest BCUT2D eigenvalue weighted by molar-refractivity contribution is 5.28. The molecule has 96 valence electrons. The Morgan fingerprint density at radius 2 is 2.06 bits per heavy atom. The van der Waals surface area contributed by atoms with Gasteiger partial charge in [-0.3, -0.25) is 0 Å². The van der Waals surface area contributed by atoms with E-state index in [9.17, 15) is 0 Å². The predicted octanol–water partition coefficient (Wildman–Crippen LogP) is 2.33. The molecule has 0 bridgehead atoms. The predicted molar refractivity (Wildman–Crippen MR) is 70.2 cm³/mol. The molecule has 0 aromatic heterocycles. The Morgan fingerprint density at radius 1 is 1.35 bits per heavy atom. The fraction of sp³-hybridized carbons (Fsp3) is 0.571. The van der Waals surface area contributed by atoms with Crippen LogP contribution in [0.3, 0.4) is 0 Å². The van der Waals surface area contributed by atoms with Gasteiger partial charge in [0.15, 0.2) is 0 Å². The Balaban J connectivity index is 2.60. The highest BCUT2D eigenvalue weighted by atomic mass is 16.5. The molecule has 0 unspecified atom stereocenters. The van der Waals surface area contributed by atoms with Gasteiger partial charge in [0.05, 0.1) is 12.7 Å². The SMILES string of the molecule is CC(C)Oc1cccc(CNC(C)(C)CO)c1. The highest BCUT2D eigenvalue weighted by Gasteiger charge is 2.14. The molecule has 2 N–H and O–H groups in total. The summed E-state index contributed by atoms with van der Waals surface area (Å²) < 4.78 is 5.64. The van der Waals surface area contributed by atoms with Gasteiger partial charge in [-0.05, 0) is 45.4 Å². The van der Waals surface area contributed by atoms with Gasteiger partial charge in [-0.1, -0.05) is 12.1 Å². The minimum absolute atomic E-state index is 0.120. The maximum Gasteiger partial charge on any atom is 0.120 e. The maximum atomic E-state index is 9.16. The standard InChI is InChI=1S/C14H23NO2/c1-11(2)17-13-7-5-6-12(8-13)9-15-14(3,4)10-16/h5-8,11,15-16H,9-10H2,1-4H3. The zero-order valence-corrected chi connectivity index (χ0v) is 11.2. The summed E-state index contributed by atoms with van der Waals surface area (Å²) in [6, 6.07) is 8.02. The Labute approximate surface area is 104 Å². The van der Waals surface area contributed by atoms with E-state index in [-0.39, 0.29) is 18.2 Å². The van der Waals surface area contributed by atoms with Crippen molar-refractivity contribution in [1.82, 2.24) is 5.32 Å². The molecule has 0 saturated heterocycles. The van der Waals surface area contributed by atoms with Crippen molar-refractivity contribution in [2.45, 2.75) is 45.9 Å². The number of ether oxygens (including phenoxy) is 1. The summed E-state index contributed by atoms with van der Waals surface area (Å²) in [7, 11) is 0. The number of hydrogen-bond acceptors (Lipinski definition) is 3. The number of benzene rings is 1. The average molecular weight is 237 g/mol. The average Bonchev–Trinajstić information content (AvgIpc) is 2.26. The first kappa shape index (κ1) is 14.0. The molecule has 0 heterocycles. The lowest BCUT2D eigenvalue weighted by molar-refractivity contribution is 0.187. The van der Waals surface area contributed by atoms with Crippen LogP contribution in [0.25, 0.3) is 0 Å². The number of rotatable bonds is 6. The molecule has 0 radical (unpaired) electrons. The lowest BCUT2D eigenvalue weighted by Gasteiger charge is -2.23. The first-order valence-corrected chi connectivity index (χ1v) is 6.04. The van der Waals surface area contributed by atoms with Crippen molar-refractivity contribution in [2.75, 3.05) is 6.61 Å². The zero-order chi connectivity index (χ0) is 12.9. The van der Waals surface area contributed by atoms with Crippen LogP contribution < -0.4 is 10.1 Å². The van der Waals surface area contributed by atoms with Gasteiger partial charge in [-0.2, -0.15) is 0 Å². The molecule has 1 rings (SSSR count). The number of aliphatic hydroxyl groups excluding tert-OH is 1. The van der Waals surface area contributed by atoms with E-state index >= 15 is 0 Å². The smallest absolute Gasteiger partial charge is 0.120 e. The summed E-state index contributed by atoms with van der Waals surface area (Å²) in [5, 5.41) is 12.5. The fourth-order valence-corrected chi connectivity index (χ4v) is 1.40. The summed E-state index contributed by atoms with van der Waals surface area (Å²) in [4.78, 5) is 0. The Morgan fingerprint density at radius 3 is 2.65 bits per heavy atom. The van der Waals surface area contributed by atoms with E-state index in [4.69, 9.17) is 9.84 Å². The molecule has 0 aliphatic carbocycles. The van der Waals surface area contributed by atoms with Crippen LogP contribution in [0.1, 0.15) is 33.3 Å². The van der Waals surface area contributed by atoms with Crippen molar-refractivity contribution < 1.29 is 9.84 Å². The first-order chi connectivity index (χ1) is 7.93. The second-order valence-electron chi connectivity index (χ2n) is 5.21. The van der Waals surface area contributed by atoms with E-state index in [1.165, 1.54) is 0 Å². The van der Waals surface area contributed by atoms with Crippen LogP contribution in [-0.4, -0.2) is 23.4 Å². The molecule has 0 amide bonds. The minimum Gasteiger partial charge on any atom is -0.491 e. The first-order valence-electron chi connectivity index (χ1n) is 6.04. The van der Waals surface area contributed by atoms with Crippen LogP contribution in [-0.2, 0) is 6.54 Å². The largest absolute Gasteiger partial charge is 0.491 e. The molecule has 3 heteroatoms. The number of aliphatic hydroxyl groups is 1. The minimum atomic E-state index is -0.255. The Hall–Kier alpha value is -1.06. The topological polar surface area (TPSA) is 41.5 Å². The van der Waals surface area contributed by atoms with Gasteiger partial charge >= 0.3 is 0 Å². The second-order valence-corrected chi connectivity index (χ2v) is 5.21. The van der Waals surface area contributed by atoms with Crippen molar-refractivity contribution in [1.29, 1.82) is 0 Å². The molecule has 0 fully saturated rings.